The Hall–Kier alpha value is -0.610. The van der Waals surface area contributed by atoms with Crippen molar-refractivity contribution in [1.29, 1.82) is 0 Å². The van der Waals surface area contributed by atoms with Gasteiger partial charge in [-0.25, -0.2) is 4.39 Å². The highest BCUT2D eigenvalue weighted by molar-refractivity contribution is 7.69. The lowest BCUT2D eigenvalue weighted by atomic mass is 10.3. The number of benzene rings is 1. The van der Waals surface area contributed by atoms with Crippen LogP contribution in [0.2, 0.25) is 0 Å². The Morgan fingerprint density at radius 2 is 2.40 bits per heavy atom. The third-order valence-corrected chi connectivity index (χ3v) is 3.02. The molecule has 0 radical (unpaired) electrons. The maximum atomic E-state index is 12.5. The van der Waals surface area contributed by atoms with Crippen LogP contribution < -0.4 is 0 Å². The first-order valence-corrected chi connectivity index (χ1v) is 4.81. The van der Waals surface area contributed by atoms with E-state index in [0.717, 1.165) is 10.2 Å². The van der Waals surface area contributed by atoms with Crippen molar-refractivity contribution in [2.75, 3.05) is 0 Å². The number of hydrogen-bond acceptors (Lipinski definition) is 2. The number of fused-ring (bicyclic) bond motifs is 1. The Morgan fingerprint density at radius 3 is 3.30 bits per heavy atom. The molecule has 0 fully saturated rings. The molecule has 1 heterocycles. The number of nitrogens with zero attached hydrogens (tertiary/aromatic N) is 1. The summed E-state index contributed by atoms with van der Waals surface area (Å²) in [6, 6.07) is 4.62. The Bertz CT molecular complexity index is 357. The predicted octanol–water partition coefficient (Wildman–Crippen LogP) is 2.78. The largest absolute Gasteiger partial charge is 0.323 e. The molecule has 1 nitrogen and oxygen atoms in total. The molecule has 2 rings (SSSR count). The van der Waals surface area contributed by atoms with Gasteiger partial charge in [-0.1, -0.05) is 0 Å². The van der Waals surface area contributed by atoms with Crippen LogP contribution in [-0.4, -0.2) is 4.37 Å². The van der Waals surface area contributed by atoms with Crippen LogP contribution in [0.5, 0.6) is 0 Å². The fourth-order valence-electron chi connectivity index (χ4n) is 0.729. The summed E-state index contributed by atoms with van der Waals surface area (Å²) in [5, 5.41) is 0. The molecule has 0 aliphatic carbocycles. The molecular formula is C6H3FNS2+. The van der Waals surface area contributed by atoms with E-state index < -0.39 is 0 Å². The first-order chi connectivity index (χ1) is 4.86. The monoisotopic (exact) mass is 172 g/mol. The van der Waals surface area contributed by atoms with E-state index in [2.05, 4.69) is 4.37 Å². The molecule has 0 unspecified atom stereocenters. The lowest BCUT2D eigenvalue weighted by Crippen LogP contribution is -1.70. The average molecular weight is 172 g/mol. The second-order valence-electron chi connectivity index (χ2n) is 1.86. The molecule has 4 heteroatoms. The summed E-state index contributed by atoms with van der Waals surface area (Å²) in [4.78, 5) is 0. The SMILES string of the molecule is Fc1ccc2ns[s+]c2c1. The van der Waals surface area contributed by atoms with Crippen LogP contribution in [0, 0.1) is 5.82 Å². The Balaban J connectivity index is 2.86. The number of halogens is 1. The Kier molecular flexibility index (Phi) is 1.35. The van der Waals surface area contributed by atoms with Crippen LogP contribution in [0.1, 0.15) is 0 Å². The van der Waals surface area contributed by atoms with E-state index in [1.54, 1.807) is 6.07 Å². The summed E-state index contributed by atoms with van der Waals surface area (Å²) < 4.78 is 17.5. The van der Waals surface area contributed by atoms with Crippen molar-refractivity contribution in [2.45, 2.75) is 0 Å². The molecule has 0 aliphatic rings. The maximum Gasteiger partial charge on any atom is 0.323 e. The van der Waals surface area contributed by atoms with Crippen LogP contribution >= 0.6 is 20.9 Å². The molecule has 50 valence electrons. The third kappa shape index (κ3) is 0.892. The molecule has 0 spiro atoms. The molecule has 0 atom stereocenters. The van der Waals surface area contributed by atoms with Crippen LogP contribution in [0.15, 0.2) is 18.2 Å². The summed E-state index contributed by atoms with van der Waals surface area (Å²) in [7, 11) is 2.88. The quantitative estimate of drug-likeness (QED) is 0.440. The number of aromatic nitrogens is 1. The molecule has 0 N–H and O–H groups in total. The smallest absolute Gasteiger partial charge is 0.207 e. The number of rotatable bonds is 0. The van der Waals surface area contributed by atoms with Crippen LogP contribution in [-0.2, 0) is 0 Å². The van der Waals surface area contributed by atoms with Gasteiger partial charge in [-0.3, -0.25) is 0 Å². The van der Waals surface area contributed by atoms with Crippen molar-refractivity contribution < 1.29 is 4.39 Å². The Labute approximate surface area is 64.3 Å². The zero-order valence-corrected chi connectivity index (χ0v) is 6.51. The second kappa shape index (κ2) is 2.21. The van der Waals surface area contributed by atoms with E-state index in [9.17, 15) is 4.39 Å². The van der Waals surface area contributed by atoms with E-state index in [1.807, 2.05) is 0 Å². The van der Waals surface area contributed by atoms with Crippen LogP contribution in [0.25, 0.3) is 10.2 Å². The summed E-state index contributed by atoms with van der Waals surface area (Å²) in [5.41, 5.74) is 0.886. The van der Waals surface area contributed by atoms with Crippen molar-refractivity contribution in [3.63, 3.8) is 0 Å². The second-order valence-corrected chi connectivity index (χ2v) is 3.75. The van der Waals surface area contributed by atoms with Crippen LogP contribution in [0.4, 0.5) is 4.39 Å². The molecule has 0 aliphatic heterocycles. The van der Waals surface area contributed by atoms with Crippen molar-refractivity contribution in [3.05, 3.63) is 24.0 Å². The standard InChI is InChI=1S/C6H3FNS2/c7-4-1-2-5-6(3-4)9-10-8-5/h1-3H/q+1. The normalized spacial score (nSPS) is 10.5. The molecule has 1 aromatic carbocycles. The van der Waals surface area contributed by atoms with Gasteiger partial charge in [0.05, 0.1) is 0 Å². The minimum atomic E-state index is -0.191. The van der Waals surface area contributed by atoms with Crippen molar-refractivity contribution >= 4 is 31.1 Å². The van der Waals surface area contributed by atoms with Crippen LogP contribution in [0.3, 0.4) is 0 Å². The fraction of sp³-hybridized carbons (Fsp3) is 0. The van der Waals surface area contributed by atoms with Gasteiger partial charge < -0.3 is 0 Å². The molecule has 0 amide bonds. The van der Waals surface area contributed by atoms with Crippen molar-refractivity contribution in [2.24, 2.45) is 0 Å². The van der Waals surface area contributed by atoms with Gasteiger partial charge in [-0.15, -0.1) is 4.37 Å². The molecular weight excluding hydrogens is 169 g/mol. The van der Waals surface area contributed by atoms with E-state index in [0.29, 0.717) is 0 Å². The molecule has 0 saturated heterocycles. The van der Waals surface area contributed by atoms with Crippen molar-refractivity contribution in [3.8, 4) is 0 Å². The Morgan fingerprint density at radius 1 is 1.50 bits per heavy atom. The highest BCUT2D eigenvalue weighted by Gasteiger charge is 2.08. The molecule has 2 aromatic rings. The lowest BCUT2D eigenvalue weighted by molar-refractivity contribution is 0.630. The van der Waals surface area contributed by atoms with Gasteiger partial charge >= 0.3 is 10.3 Å². The van der Waals surface area contributed by atoms with Gasteiger partial charge in [0, 0.05) is 6.07 Å². The zero-order valence-electron chi connectivity index (χ0n) is 4.87. The first kappa shape index (κ1) is 6.12. The summed E-state index contributed by atoms with van der Waals surface area (Å²) in [6.07, 6.45) is 0. The van der Waals surface area contributed by atoms with Gasteiger partial charge in [-0.2, -0.15) is 0 Å². The van der Waals surface area contributed by atoms with E-state index in [-0.39, 0.29) is 5.82 Å². The van der Waals surface area contributed by atoms with Gasteiger partial charge in [0.25, 0.3) is 15.2 Å². The topological polar surface area (TPSA) is 12.9 Å². The number of hydrogen-bond donors (Lipinski definition) is 0. The van der Waals surface area contributed by atoms with Gasteiger partial charge in [-0.05, 0) is 12.1 Å². The van der Waals surface area contributed by atoms with E-state index >= 15 is 0 Å². The molecule has 0 bridgehead atoms. The fourth-order valence-corrected chi connectivity index (χ4v) is 2.50. The summed E-state index contributed by atoms with van der Waals surface area (Å²) >= 11 is 0. The predicted molar refractivity (Wildman–Crippen MR) is 41.9 cm³/mol. The average Bonchev–Trinajstić information content (AvgIpc) is 2.33. The first-order valence-electron chi connectivity index (χ1n) is 2.70. The third-order valence-electron chi connectivity index (χ3n) is 1.18. The molecule has 10 heavy (non-hydrogen) atoms. The van der Waals surface area contributed by atoms with Gasteiger partial charge in [0.1, 0.15) is 11.3 Å². The summed E-state index contributed by atoms with van der Waals surface area (Å²) in [5.74, 6) is -0.191. The van der Waals surface area contributed by atoms with E-state index in [1.165, 1.54) is 33.0 Å². The highest BCUT2D eigenvalue weighted by atomic mass is 32.9. The molecule has 1 aromatic heterocycles. The minimum absolute atomic E-state index is 0.191. The summed E-state index contributed by atoms with van der Waals surface area (Å²) in [6.45, 7) is 0. The lowest BCUT2D eigenvalue weighted by Gasteiger charge is -1.79. The van der Waals surface area contributed by atoms with Crippen molar-refractivity contribution in [1.82, 2.24) is 4.37 Å². The zero-order chi connectivity index (χ0) is 6.97. The molecule has 0 saturated carbocycles. The maximum absolute atomic E-state index is 12.5. The van der Waals surface area contributed by atoms with Gasteiger partial charge in [0.15, 0.2) is 0 Å². The van der Waals surface area contributed by atoms with Gasteiger partial charge in [0.2, 0.25) is 0 Å². The highest BCUT2D eigenvalue weighted by Crippen LogP contribution is 2.21. The van der Waals surface area contributed by atoms with E-state index in [4.69, 9.17) is 0 Å². The minimum Gasteiger partial charge on any atom is -0.207 e.